The Morgan fingerprint density at radius 1 is 1.00 bits per heavy atom. The standard InChI is InChI=1S/C10H10O2.C7H6O2/c1-12-10-6-2-4-9(8-10)5-3-7-11;8-5-6-1-3-7(9)4-2-6/h2-8H,1H3;1-5,9H. The van der Waals surface area contributed by atoms with Gasteiger partial charge in [0.2, 0.25) is 0 Å². The Bertz CT molecular complexity index is 600. The number of carbonyl (C=O) groups is 2. The predicted octanol–water partition coefficient (Wildman–Crippen LogP) is 3.11. The number of hydrogen-bond donors (Lipinski definition) is 1. The molecule has 4 nitrogen and oxygen atoms in total. The van der Waals surface area contributed by atoms with Gasteiger partial charge in [0, 0.05) is 5.56 Å². The molecule has 1 N–H and O–H groups in total. The van der Waals surface area contributed by atoms with Crippen LogP contribution in [0, 0.1) is 0 Å². The molecule has 0 spiro atoms. The molecular weight excluding hydrogens is 268 g/mol. The molecule has 2 rings (SSSR count). The Morgan fingerprint density at radius 2 is 1.71 bits per heavy atom. The van der Waals surface area contributed by atoms with Gasteiger partial charge in [-0.05, 0) is 48.0 Å². The van der Waals surface area contributed by atoms with E-state index in [1.807, 2.05) is 24.3 Å². The first-order valence-corrected chi connectivity index (χ1v) is 6.19. The van der Waals surface area contributed by atoms with E-state index in [9.17, 15) is 9.59 Å². The average molecular weight is 284 g/mol. The number of phenols is 1. The maximum absolute atomic E-state index is 10.0. The zero-order chi connectivity index (χ0) is 15.5. The molecule has 0 saturated carbocycles. The Kier molecular flexibility index (Phi) is 7.00. The number of methoxy groups -OCH3 is 1. The summed E-state index contributed by atoms with van der Waals surface area (Å²) in [6.45, 7) is 0. The van der Waals surface area contributed by atoms with Gasteiger partial charge in [-0.2, -0.15) is 0 Å². The SMILES string of the molecule is COc1cccc(C=CC=O)c1.O=Cc1ccc(O)cc1. The summed E-state index contributed by atoms with van der Waals surface area (Å²) in [5, 5.41) is 8.74. The Morgan fingerprint density at radius 3 is 2.29 bits per heavy atom. The first kappa shape index (κ1) is 16.2. The predicted molar refractivity (Wildman–Crippen MR) is 81.6 cm³/mol. The molecule has 2 aromatic rings. The van der Waals surface area contributed by atoms with Gasteiger partial charge < -0.3 is 9.84 Å². The van der Waals surface area contributed by atoms with Crippen molar-refractivity contribution >= 4 is 18.6 Å². The summed E-state index contributed by atoms with van der Waals surface area (Å²) in [6, 6.07) is 13.6. The second-order valence-electron chi connectivity index (χ2n) is 3.98. The van der Waals surface area contributed by atoms with Gasteiger partial charge in [-0.1, -0.05) is 18.2 Å². The fourth-order valence-corrected chi connectivity index (χ4v) is 1.45. The third kappa shape index (κ3) is 6.20. The number of aromatic hydroxyl groups is 1. The normalized spacial score (nSPS) is 9.57. The Balaban J connectivity index is 0.000000219. The van der Waals surface area contributed by atoms with Crippen LogP contribution in [0.1, 0.15) is 15.9 Å². The molecule has 0 radical (unpaired) electrons. The minimum atomic E-state index is 0.181. The molecule has 0 heterocycles. The van der Waals surface area contributed by atoms with Gasteiger partial charge in [-0.15, -0.1) is 0 Å². The molecule has 0 saturated heterocycles. The number of hydrogen-bond acceptors (Lipinski definition) is 4. The van der Waals surface area contributed by atoms with Gasteiger partial charge in [-0.3, -0.25) is 9.59 Å². The molecule has 108 valence electrons. The fourth-order valence-electron chi connectivity index (χ4n) is 1.45. The zero-order valence-electron chi connectivity index (χ0n) is 11.6. The van der Waals surface area contributed by atoms with Crippen LogP contribution in [0.15, 0.2) is 54.6 Å². The molecule has 0 atom stereocenters. The van der Waals surface area contributed by atoms with E-state index >= 15 is 0 Å². The number of phenolic OH excluding ortho intramolecular Hbond substituents is 1. The molecular formula is C17H16O4. The van der Waals surface area contributed by atoms with Crippen LogP contribution in [-0.4, -0.2) is 24.8 Å². The molecule has 2 aromatic carbocycles. The van der Waals surface area contributed by atoms with Crippen molar-refractivity contribution in [2.45, 2.75) is 0 Å². The van der Waals surface area contributed by atoms with Crippen molar-refractivity contribution < 1.29 is 19.4 Å². The smallest absolute Gasteiger partial charge is 0.150 e. The summed E-state index contributed by atoms with van der Waals surface area (Å²) < 4.78 is 5.01. The number of aldehydes is 2. The lowest BCUT2D eigenvalue weighted by molar-refractivity contribution is -0.104. The largest absolute Gasteiger partial charge is 0.508 e. The van der Waals surface area contributed by atoms with E-state index in [1.165, 1.54) is 18.2 Å². The summed E-state index contributed by atoms with van der Waals surface area (Å²) in [6.07, 6.45) is 4.67. The third-order valence-electron chi connectivity index (χ3n) is 2.49. The number of allylic oxidation sites excluding steroid dienone is 1. The van der Waals surface area contributed by atoms with Crippen molar-refractivity contribution in [3.05, 3.63) is 65.7 Å². The van der Waals surface area contributed by atoms with Gasteiger partial charge in [0.05, 0.1) is 7.11 Å². The number of rotatable bonds is 4. The van der Waals surface area contributed by atoms with Crippen LogP contribution in [0.4, 0.5) is 0 Å². The maximum atomic E-state index is 10.0. The summed E-state index contributed by atoms with van der Waals surface area (Å²) in [7, 11) is 1.61. The van der Waals surface area contributed by atoms with E-state index in [4.69, 9.17) is 9.84 Å². The lowest BCUT2D eigenvalue weighted by Gasteiger charge is -1.98. The molecule has 0 aliphatic carbocycles. The van der Waals surface area contributed by atoms with Gasteiger partial charge in [0.1, 0.15) is 24.1 Å². The fraction of sp³-hybridized carbons (Fsp3) is 0.0588. The molecule has 0 aliphatic heterocycles. The van der Waals surface area contributed by atoms with Crippen LogP contribution < -0.4 is 4.74 Å². The number of carbonyl (C=O) groups excluding carboxylic acids is 2. The van der Waals surface area contributed by atoms with E-state index in [0.717, 1.165) is 23.9 Å². The van der Waals surface area contributed by atoms with Crippen LogP contribution in [0.2, 0.25) is 0 Å². The molecule has 0 unspecified atom stereocenters. The first-order chi connectivity index (χ1) is 10.2. The third-order valence-corrected chi connectivity index (χ3v) is 2.49. The van der Waals surface area contributed by atoms with Crippen LogP contribution in [0.25, 0.3) is 6.08 Å². The average Bonchev–Trinajstić information content (AvgIpc) is 2.54. The first-order valence-electron chi connectivity index (χ1n) is 6.19. The van der Waals surface area contributed by atoms with Gasteiger partial charge >= 0.3 is 0 Å². The van der Waals surface area contributed by atoms with E-state index < -0.39 is 0 Å². The van der Waals surface area contributed by atoms with E-state index in [-0.39, 0.29) is 5.75 Å². The number of ether oxygens (including phenoxy) is 1. The molecule has 0 bridgehead atoms. The topological polar surface area (TPSA) is 63.6 Å². The number of benzene rings is 2. The van der Waals surface area contributed by atoms with Crippen molar-refractivity contribution in [3.8, 4) is 11.5 Å². The van der Waals surface area contributed by atoms with Crippen molar-refractivity contribution in [3.63, 3.8) is 0 Å². The Labute approximate surface area is 123 Å². The van der Waals surface area contributed by atoms with Crippen molar-refractivity contribution in [1.29, 1.82) is 0 Å². The highest BCUT2D eigenvalue weighted by molar-refractivity contribution is 5.75. The molecule has 21 heavy (non-hydrogen) atoms. The van der Waals surface area contributed by atoms with Crippen LogP contribution in [0.3, 0.4) is 0 Å². The van der Waals surface area contributed by atoms with Gasteiger partial charge in [0.25, 0.3) is 0 Å². The molecule has 0 fully saturated rings. The van der Waals surface area contributed by atoms with Crippen LogP contribution in [0.5, 0.6) is 11.5 Å². The summed E-state index contributed by atoms with van der Waals surface area (Å²) in [5.74, 6) is 0.976. The molecule has 4 heteroatoms. The van der Waals surface area contributed by atoms with Gasteiger partial charge in [0.15, 0.2) is 0 Å². The summed E-state index contributed by atoms with van der Waals surface area (Å²) in [4.78, 5) is 20.1. The lowest BCUT2D eigenvalue weighted by atomic mass is 10.2. The monoisotopic (exact) mass is 284 g/mol. The van der Waals surface area contributed by atoms with Crippen molar-refractivity contribution in [2.75, 3.05) is 7.11 Å². The van der Waals surface area contributed by atoms with Crippen LogP contribution in [-0.2, 0) is 4.79 Å². The van der Waals surface area contributed by atoms with Gasteiger partial charge in [-0.25, -0.2) is 0 Å². The second kappa shape index (κ2) is 9.09. The van der Waals surface area contributed by atoms with Crippen LogP contribution >= 0.6 is 0 Å². The highest BCUT2D eigenvalue weighted by Gasteiger charge is 1.90. The molecule has 0 aromatic heterocycles. The second-order valence-corrected chi connectivity index (χ2v) is 3.98. The highest BCUT2D eigenvalue weighted by atomic mass is 16.5. The van der Waals surface area contributed by atoms with Crippen molar-refractivity contribution in [1.82, 2.24) is 0 Å². The highest BCUT2D eigenvalue weighted by Crippen LogP contribution is 2.13. The Hall–Kier alpha value is -2.88. The maximum Gasteiger partial charge on any atom is 0.150 e. The summed E-state index contributed by atoms with van der Waals surface area (Å²) in [5.41, 5.74) is 1.54. The quantitative estimate of drug-likeness (QED) is 0.692. The minimum Gasteiger partial charge on any atom is -0.508 e. The van der Waals surface area contributed by atoms with E-state index in [1.54, 1.807) is 25.3 Å². The van der Waals surface area contributed by atoms with Crippen molar-refractivity contribution in [2.24, 2.45) is 0 Å². The minimum absolute atomic E-state index is 0.181. The van der Waals surface area contributed by atoms with E-state index in [2.05, 4.69) is 0 Å². The van der Waals surface area contributed by atoms with E-state index in [0.29, 0.717) is 5.56 Å². The lowest BCUT2D eigenvalue weighted by Crippen LogP contribution is -1.82. The molecule has 0 aliphatic rings. The zero-order valence-corrected chi connectivity index (χ0v) is 11.6. The molecule has 0 amide bonds. The summed E-state index contributed by atoms with van der Waals surface area (Å²) >= 11 is 0.